The molecule has 2 amide bonds. The van der Waals surface area contributed by atoms with Crippen LogP contribution in [0.5, 0.6) is 0 Å². The fourth-order valence-corrected chi connectivity index (χ4v) is 3.37. The molecule has 0 radical (unpaired) electrons. The molecule has 1 aromatic carbocycles. The fraction of sp³-hybridized carbons (Fsp3) is 0.529. The van der Waals surface area contributed by atoms with E-state index in [1.807, 2.05) is 18.2 Å². The molecule has 3 rings (SSSR count). The second kappa shape index (κ2) is 6.08. The molecule has 1 saturated heterocycles. The van der Waals surface area contributed by atoms with Crippen molar-refractivity contribution < 1.29 is 14.7 Å². The zero-order chi connectivity index (χ0) is 15.7. The van der Waals surface area contributed by atoms with Crippen molar-refractivity contribution in [3.8, 4) is 0 Å². The summed E-state index contributed by atoms with van der Waals surface area (Å²) in [5, 5.41) is 9.87. The van der Waals surface area contributed by atoms with Gasteiger partial charge in [-0.25, -0.2) is 0 Å². The van der Waals surface area contributed by atoms with Crippen LogP contribution in [0.4, 0.5) is 5.69 Å². The van der Waals surface area contributed by atoms with E-state index in [9.17, 15) is 14.7 Å². The van der Waals surface area contributed by atoms with Gasteiger partial charge in [0.2, 0.25) is 5.91 Å². The van der Waals surface area contributed by atoms with Crippen LogP contribution in [0.1, 0.15) is 43.0 Å². The molecule has 5 heteroatoms. The molecule has 5 nitrogen and oxygen atoms in total. The van der Waals surface area contributed by atoms with E-state index in [1.165, 1.54) is 4.90 Å². The van der Waals surface area contributed by atoms with E-state index in [2.05, 4.69) is 6.92 Å². The molecule has 0 bridgehead atoms. The Hall–Kier alpha value is -1.88. The summed E-state index contributed by atoms with van der Waals surface area (Å²) < 4.78 is 0. The molecule has 0 aromatic heterocycles. The van der Waals surface area contributed by atoms with Crippen LogP contribution >= 0.6 is 0 Å². The number of para-hydroxylation sites is 1. The highest BCUT2D eigenvalue weighted by atomic mass is 16.3. The highest BCUT2D eigenvalue weighted by molar-refractivity contribution is 6.11. The first kappa shape index (κ1) is 15.0. The molecule has 0 unspecified atom stereocenters. The summed E-state index contributed by atoms with van der Waals surface area (Å²) >= 11 is 0. The van der Waals surface area contributed by atoms with Gasteiger partial charge < -0.3 is 14.9 Å². The Balaban J connectivity index is 1.99. The number of rotatable bonds is 4. The lowest BCUT2D eigenvalue weighted by atomic mass is 10.1. The summed E-state index contributed by atoms with van der Waals surface area (Å²) in [6.45, 7) is 2.99. The van der Waals surface area contributed by atoms with Crippen LogP contribution in [-0.2, 0) is 4.79 Å². The van der Waals surface area contributed by atoms with E-state index < -0.39 is 12.1 Å². The molecule has 1 aromatic rings. The predicted octanol–water partition coefficient (Wildman–Crippen LogP) is 1.80. The minimum absolute atomic E-state index is 0.0639. The van der Waals surface area contributed by atoms with Crippen LogP contribution in [0, 0.1) is 0 Å². The Kier molecular flexibility index (Phi) is 4.16. The van der Waals surface area contributed by atoms with Gasteiger partial charge in [0.05, 0.1) is 17.4 Å². The second-order valence-electron chi connectivity index (χ2n) is 6.08. The van der Waals surface area contributed by atoms with Crippen molar-refractivity contribution in [1.29, 1.82) is 0 Å². The van der Waals surface area contributed by atoms with Crippen LogP contribution in [0.25, 0.3) is 0 Å². The Morgan fingerprint density at radius 1 is 1.23 bits per heavy atom. The van der Waals surface area contributed by atoms with Crippen LogP contribution in [0.3, 0.4) is 0 Å². The van der Waals surface area contributed by atoms with Gasteiger partial charge in [-0.1, -0.05) is 31.9 Å². The standard InChI is InChI=1S/C17H22N2O3/c1-2-3-6-9-18-14-8-5-4-7-13(14)16(21)19-11-12(20)10-15(19)17(18)22/h4-5,7-8,12,15,20H,2-3,6,9-11H2,1H3/t12-,15+/m1/s1. The van der Waals surface area contributed by atoms with Crippen LogP contribution in [-0.4, -0.2) is 47.1 Å². The third kappa shape index (κ3) is 2.50. The van der Waals surface area contributed by atoms with Crippen molar-refractivity contribution in [1.82, 2.24) is 4.90 Å². The normalized spacial score (nSPS) is 24.3. The number of amides is 2. The van der Waals surface area contributed by atoms with Crippen molar-refractivity contribution in [2.24, 2.45) is 0 Å². The van der Waals surface area contributed by atoms with Crippen LogP contribution < -0.4 is 4.90 Å². The number of nitrogens with zero attached hydrogens (tertiary/aromatic N) is 2. The number of carbonyl (C=O) groups excluding carboxylic acids is 2. The maximum Gasteiger partial charge on any atom is 0.256 e. The summed E-state index contributed by atoms with van der Waals surface area (Å²) in [7, 11) is 0. The fourth-order valence-electron chi connectivity index (χ4n) is 3.37. The van der Waals surface area contributed by atoms with Crippen molar-refractivity contribution in [2.45, 2.75) is 44.8 Å². The number of carbonyl (C=O) groups is 2. The molecule has 2 heterocycles. The Labute approximate surface area is 130 Å². The van der Waals surface area contributed by atoms with E-state index in [-0.39, 0.29) is 18.4 Å². The summed E-state index contributed by atoms with van der Waals surface area (Å²) in [5.41, 5.74) is 1.27. The highest BCUT2D eigenvalue weighted by Crippen LogP contribution is 2.32. The summed E-state index contributed by atoms with van der Waals surface area (Å²) in [6.07, 6.45) is 2.78. The number of hydrogen-bond donors (Lipinski definition) is 1. The Bertz CT molecular complexity index is 587. The predicted molar refractivity (Wildman–Crippen MR) is 83.8 cm³/mol. The summed E-state index contributed by atoms with van der Waals surface area (Å²) in [4.78, 5) is 28.9. The van der Waals surface area contributed by atoms with Crippen molar-refractivity contribution in [2.75, 3.05) is 18.0 Å². The number of aliphatic hydroxyl groups excluding tert-OH is 1. The van der Waals surface area contributed by atoms with Crippen LogP contribution in [0.15, 0.2) is 24.3 Å². The van der Waals surface area contributed by atoms with Gasteiger partial charge in [-0.15, -0.1) is 0 Å². The highest BCUT2D eigenvalue weighted by Gasteiger charge is 2.44. The molecule has 0 saturated carbocycles. The number of aliphatic hydroxyl groups is 1. The number of benzene rings is 1. The molecule has 1 fully saturated rings. The van der Waals surface area contributed by atoms with Crippen molar-refractivity contribution in [3.63, 3.8) is 0 Å². The third-order valence-corrected chi connectivity index (χ3v) is 4.50. The molecule has 0 spiro atoms. The lowest BCUT2D eigenvalue weighted by Gasteiger charge is -2.25. The first-order valence-electron chi connectivity index (χ1n) is 8.03. The van der Waals surface area contributed by atoms with E-state index in [4.69, 9.17) is 0 Å². The molecule has 2 atom stereocenters. The van der Waals surface area contributed by atoms with E-state index in [1.54, 1.807) is 11.0 Å². The number of anilines is 1. The quantitative estimate of drug-likeness (QED) is 0.863. The maximum absolute atomic E-state index is 12.9. The summed E-state index contributed by atoms with van der Waals surface area (Å²) in [6, 6.07) is 6.76. The van der Waals surface area contributed by atoms with Crippen LogP contribution in [0.2, 0.25) is 0 Å². The average Bonchev–Trinajstić information content (AvgIpc) is 2.89. The van der Waals surface area contributed by atoms with Crippen molar-refractivity contribution in [3.05, 3.63) is 29.8 Å². The molecule has 2 aliphatic rings. The second-order valence-corrected chi connectivity index (χ2v) is 6.08. The molecular weight excluding hydrogens is 280 g/mol. The zero-order valence-electron chi connectivity index (χ0n) is 12.9. The van der Waals surface area contributed by atoms with Crippen molar-refractivity contribution >= 4 is 17.5 Å². The first-order valence-corrected chi connectivity index (χ1v) is 8.03. The van der Waals surface area contributed by atoms with Gasteiger partial charge in [0.25, 0.3) is 5.91 Å². The smallest absolute Gasteiger partial charge is 0.256 e. The Morgan fingerprint density at radius 2 is 2.00 bits per heavy atom. The van der Waals surface area contributed by atoms with Gasteiger partial charge in [0.1, 0.15) is 6.04 Å². The molecule has 2 aliphatic heterocycles. The zero-order valence-corrected chi connectivity index (χ0v) is 12.9. The number of hydrogen-bond acceptors (Lipinski definition) is 3. The molecule has 22 heavy (non-hydrogen) atoms. The average molecular weight is 302 g/mol. The third-order valence-electron chi connectivity index (χ3n) is 4.50. The summed E-state index contributed by atoms with van der Waals surface area (Å²) in [5.74, 6) is -0.213. The molecule has 1 N–H and O–H groups in total. The molecule has 0 aliphatic carbocycles. The minimum Gasteiger partial charge on any atom is -0.391 e. The maximum atomic E-state index is 12.9. The van der Waals surface area contributed by atoms with Gasteiger partial charge >= 0.3 is 0 Å². The van der Waals surface area contributed by atoms with Gasteiger partial charge in [-0.05, 0) is 18.6 Å². The van der Waals surface area contributed by atoms with Gasteiger partial charge in [-0.2, -0.15) is 0 Å². The molecule has 118 valence electrons. The van der Waals surface area contributed by atoms with E-state index >= 15 is 0 Å². The van der Waals surface area contributed by atoms with Gasteiger partial charge in [0, 0.05) is 19.5 Å². The van der Waals surface area contributed by atoms with Gasteiger partial charge in [-0.3, -0.25) is 9.59 Å². The van der Waals surface area contributed by atoms with E-state index in [0.717, 1.165) is 19.3 Å². The Morgan fingerprint density at radius 3 is 2.77 bits per heavy atom. The SMILES string of the molecule is CCCCCN1C(=O)[C@@H]2C[C@@H](O)CN2C(=O)c2ccccc21. The first-order chi connectivity index (χ1) is 10.6. The monoisotopic (exact) mass is 302 g/mol. The molecular formula is C17H22N2O3. The lowest BCUT2D eigenvalue weighted by Crippen LogP contribution is -2.45. The minimum atomic E-state index is -0.611. The number of fused-ring (bicyclic) bond motifs is 2. The van der Waals surface area contributed by atoms with E-state index in [0.29, 0.717) is 24.2 Å². The topological polar surface area (TPSA) is 60.9 Å². The van der Waals surface area contributed by atoms with Gasteiger partial charge in [0.15, 0.2) is 0 Å². The lowest BCUT2D eigenvalue weighted by molar-refractivity contribution is -0.122. The largest absolute Gasteiger partial charge is 0.391 e. The number of unbranched alkanes of at least 4 members (excludes halogenated alkanes) is 2.